The molecule has 1 aliphatic carbocycles. The summed E-state index contributed by atoms with van der Waals surface area (Å²) in [5.74, 6) is 0. The molecular formula is C22H34. The molecule has 0 heterocycles. The highest BCUT2D eigenvalue weighted by Gasteiger charge is 2.34. The van der Waals surface area contributed by atoms with Crippen LogP contribution in [0.25, 0.3) is 11.1 Å². The van der Waals surface area contributed by atoms with Gasteiger partial charge in [0.2, 0.25) is 0 Å². The van der Waals surface area contributed by atoms with Crippen LogP contribution in [0.1, 0.15) is 72.9 Å². The largest absolute Gasteiger partial charge is 0.0683 e. The summed E-state index contributed by atoms with van der Waals surface area (Å²) in [7, 11) is 0. The van der Waals surface area contributed by atoms with Gasteiger partial charge in [0.05, 0.1) is 0 Å². The quantitative estimate of drug-likeness (QED) is 0.473. The summed E-state index contributed by atoms with van der Waals surface area (Å²) < 4.78 is 0. The lowest BCUT2D eigenvalue weighted by atomic mass is 9.82. The first kappa shape index (κ1) is 20.4. The van der Waals surface area contributed by atoms with Crippen molar-refractivity contribution in [3.8, 4) is 11.1 Å². The van der Waals surface area contributed by atoms with Crippen LogP contribution in [-0.4, -0.2) is 0 Å². The van der Waals surface area contributed by atoms with Crippen LogP contribution in [0.5, 0.6) is 0 Å². The number of hydrogen-bond donors (Lipinski definition) is 0. The minimum absolute atomic E-state index is 0.160. The Morgan fingerprint density at radius 1 is 0.636 bits per heavy atom. The molecule has 22 heavy (non-hydrogen) atoms. The van der Waals surface area contributed by atoms with Gasteiger partial charge in [0, 0.05) is 5.41 Å². The highest BCUT2D eigenvalue weighted by molar-refractivity contribution is 5.80. The van der Waals surface area contributed by atoms with Crippen LogP contribution < -0.4 is 0 Å². The van der Waals surface area contributed by atoms with Crippen molar-refractivity contribution >= 4 is 0 Å². The second-order valence-electron chi connectivity index (χ2n) is 5.42. The molecule has 3 rings (SSSR count). The van der Waals surface area contributed by atoms with Crippen molar-refractivity contribution in [1.29, 1.82) is 0 Å². The van der Waals surface area contributed by atoms with Crippen LogP contribution in [0.3, 0.4) is 0 Å². The molecule has 0 spiro atoms. The van der Waals surface area contributed by atoms with Gasteiger partial charge in [0.25, 0.3) is 0 Å². The fourth-order valence-corrected chi connectivity index (χ4v) is 2.67. The molecule has 0 saturated carbocycles. The molecule has 0 aliphatic heterocycles. The minimum atomic E-state index is 0.160. The van der Waals surface area contributed by atoms with Gasteiger partial charge in [-0.3, -0.25) is 0 Å². The zero-order valence-corrected chi connectivity index (χ0v) is 15.8. The molecule has 0 amide bonds. The fraction of sp³-hybridized carbons (Fsp3) is 0.455. The van der Waals surface area contributed by atoms with Crippen LogP contribution in [-0.2, 0) is 5.41 Å². The summed E-state index contributed by atoms with van der Waals surface area (Å²) in [5, 5.41) is 0. The van der Waals surface area contributed by atoms with Gasteiger partial charge in [-0.05, 0) is 22.3 Å². The van der Waals surface area contributed by atoms with E-state index in [1.165, 1.54) is 28.7 Å². The third kappa shape index (κ3) is 4.22. The van der Waals surface area contributed by atoms with E-state index in [-0.39, 0.29) is 5.41 Å². The van der Waals surface area contributed by atoms with Gasteiger partial charge in [-0.15, -0.1) is 0 Å². The first-order chi connectivity index (χ1) is 10.6. The summed E-state index contributed by atoms with van der Waals surface area (Å²) in [6, 6.07) is 17.4. The lowest BCUT2D eigenvalue weighted by Crippen LogP contribution is -2.14. The Morgan fingerprint density at radius 3 is 1.23 bits per heavy atom. The van der Waals surface area contributed by atoms with Gasteiger partial charge in [-0.25, -0.2) is 0 Å². The summed E-state index contributed by atoms with van der Waals surface area (Å²) >= 11 is 0. The van der Waals surface area contributed by atoms with Crippen LogP contribution in [0.4, 0.5) is 0 Å². The average molecular weight is 299 g/mol. The van der Waals surface area contributed by atoms with E-state index >= 15 is 0 Å². The summed E-state index contributed by atoms with van der Waals surface area (Å²) in [5.41, 5.74) is 5.86. The second kappa shape index (κ2) is 10.2. The molecule has 0 atom stereocenters. The topological polar surface area (TPSA) is 0 Å². The fourth-order valence-electron chi connectivity index (χ4n) is 2.67. The Labute approximate surface area is 138 Å². The Kier molecular flexibility index (Phi) is 9.49. The average Bonchev–Trinajstić information content (AvgIpc) is 2.81. The van der Waals surface area contributed by atoms with Gasteiger partial charge in [0.1, 0.15) is 0 Å². The van der Waals surface area contributed by atoms with Gasteiger partial charge in [0.15, 0.2) is 0 Å². The van der Waals surface area contributed by atoms with Crippen molar-refractivity contribution in [2.75, 3.05) is 0 Å². The molecule has 0 bridgehead atoms. The predicted octanol–water partition coefficient (Wildman–Crippen LogP) is 7.46. The third-order valence-electron chi connectivity index (χ3n) is 3.49. The number of hydrogen-bond acceptors (Lipinski definition) is 0. The van der Waals surface area contributed by atoms with Gasteiger partial charge in [-0.2, -0.15) is 0 Å². The smallest absolute Gasteiger partial charge is 0.0158 e. The lowest BCUT2D eigenvalue weighted by molar-refractivity contribution is 0.660. The SMILES string of the molecule is CC.CC.CC1(C)c2ccccc2-c2ccccc21.CCC. The van der Waals surface area contributed by atoms with E-state index in [0.29, 0.717) is 0 Å². The second-order valence-corrected chi connectivity index (χ2v) is 5.42. The maximum Gasteiger partial charge on any atom is 0.0158 e. The first-order valence-electron chi connectivity index (χ1n) is 8.82. The summed E-state index contributed by atoms with van der Waals surface area (Å²) in [6.45, 7) is 16.9. The van der Waals surface area contributed by atoms with E-state index in [1.807, 2.05) is 27.7 Å². The Balaban J connectivity index is 0.000000553. The highest BCUT2D eigenvalue weighted by Crippen LogP contribution is 2.47. The van der Waals surface area contributed by atoms with E-state index in [2.05, 4.69) is 76.2 Å². The van der Waals surface area contributed by atoms with Crippen molar-refractivity contribution < 1.29 is 0 Å². The minimum Gasteiger partial charge on any atom is -0.0683 e. The van der Waals surface area contributed by atoms with Crippen molar-refractivity contribution in [3.63, 3.8) is 0 Å². The maximum atomic E-state index is 2.30. The van der Waals surface area contributed by atoms with Gasteiger partial charge < -0.3 is 0 Å². The van der Waals surface area contributed by atoms with Crippen molar-refractivity contribution in [1.82, 2.24) is 0 Å². The highest BCUT2D eigenvalue weighted by atomic mass is 14.4. The summed E-state index contributed by atoms with van der Waals surface area (Å²) in [6.07, 6.45) is 1.25. The normalized spacial score (nSPS) is 12.2. The summed E-state index contributed by atoms with van der Waals surface area (Å²) in [4.78, 5) is 0. The monoisotopic (exact) mass is 298 g/mol. The lowest BCUT2D eigenvalue weighted by Gasteiger charge is -2.20. The maximum absolute atomic E-state index is 2.30. The zero-order chi connectivity index (χ0) is 17.2. The number of rotatable bonds is 0. The van der Waals surface area contributed by atoms with Crippen LogP contribution in [0, 0.1) is 0 Å². The molecule has 0 heteroatoms. The Morgan fingerprint density at radius 2 is 0.909 bits per heavy atom. The van der Waals surface area contributed by atoms with E-state index in [0.717, 1.165) is 0 Å². The molecule has 0 unspecified atom stereocenters. The van der Waals surface area contributed by atoms with Crippen LogP contribution in [0.15, 0.2) is 48.5 Å². The number of fused-ring (bicyclic) bond motifs is 3. The molecule has 1 aliphatic rings. The molecule has 2 aromatic rings. The molecule has 0 radical (unpaired) electrons. The van der Waals surface area contributed by atoms with Gasteiger partial charge in [-0.1, -0.05) is 110 Å². The van der Waals surface area contributed by atoms with Crippen molar-refractivity contribution in [3.05, 3.63) is 59.7 Å². The molecule has 2 aromatic carbocycles. The first-order valence-corrected chi connectivity index (χ1v) is 8.82. The van der Waals surface area contributed by atoms with E-state index in [4.69, 9.17) is 0 Å². The molecule has 0 fully saturated rings. The zero-order valence-electron chi connectivity index (χ0n) is 15.8. The molecule has 0 N–H and O–H groups in total. The molecule has 0 saturated heterocycles. The van der Waals surface area contributed by atoms with Crippen molar-refractivity contribution in [2.24, 2.45) is 0 Å². The molecule has 0 nitrogen and oxygen atoms in total. The van der Waals surface area contributed by atoms with E-state index < -0.39 is 0 Å². The Hall–Kier alpha value is -1.56. The molecule has 0 aromatic heterocycles. The standard InChI is InChI=1S/C15H14.C3H8.2C2H6/c1-15(2)13-9-5-3-7-11(13)12-8-4-6-10-14(12)15;1-3-2;2*1-2/h3-10H,1-2H3;3H2,1-2H3;2*1-2H3. The Bertz CT molecular complexity index is 488. The van der Waals surface area contributed by atoms with Crippen LogP contribution >= 0.6 is 0 Å². The molecule has 122 valence electrons. The predicted molar refractivity (Wildman–Crippen MR) is 103 cm³/mol. The molecular weight excluding hydrogens is 264 g/mol. The van der Waals surface area contributed by atoms with Crippen molar-refractivity contribution in [2.45, 2.75) is 67.2 Å². The third-order valence-corrected chi connectivity index (χ3v) is 3.49. The van der Waals surface area contributed by atoms with E-state index in [1.54, 1.807) is 0 Å². The van der Waals surface area contributed by atoms with Gasteiger partial charge >= 0.3 is 0 Å². The number of benzene rings is 2. The van der Waals surface area contributed by atoms with Crippen LogP contribution in [0.2, 0.25) is 0 Å². The van der Waals surface area contributed by atoms with E-state index in [9.17, 15) is 0 Å².